The van der Waals surface area contributed by atoms with Crippen molar-refractivity contribution in [3.63, 3.8) is 0 Å². The fraction of sp³-hybridized carbons (Fsp3) is 0.667. The van der Waals surface area contributed by atoms with E-state index in [0.717, 1.165) is 38.4 Å². The van der Waals surface area contributed by atoms with E-state index in [-0.39, 0.29) is 0 Å². The van der Waals surface area contributed by atoms with Gasteiger partial charge in [0.1, 0.15) is 12.4 Å². The molecule has 0 bridgehead atoms. The van der Waals surface area contributed by atoms with Gasteiger partial charge in [-0.3, -0.25) is 0 Å². The Morgan fingerprint density at radius 2 is 1.87 bits per heavy atom. The summed E-state index contributed by atoms with van der Waals surface area (Å²) in [5, 5.41) is 11.9. The molecule has 0 spiro atoms. The summed E-state index contributed by atoms with van der Waals surface area (Å²) in [6, 6.07) is 5.94. The first-order valence-corrected chi connectivity index (χ1v) is 9.36. The number of nitrogens with zero attached hydrogens (tertiary/aromatic N) is 1. The van der Waals surface area contributed by atoms with Crippen molar-refractivity contribution in [1.29, 1.82) is 0 Å². The van der Waals surface area contributed by atoms with E-state index < -0.39 is 5.60 Å². The number of halogens is 2. The summed E-state index contributed by atoms with van der Waals surface area (Å²) in [4.78, 5) is 2.57. The van der Waals surface area contributed by atoms with Crippen LogP contribution in [0.25, 0.3) is 0 Å². The predicted octanol–water partition coefficient (Wildman–Crippen LogP) is 4.53. The van der Waals surface area contributed by atoms with E-state index in [1.54, 1.807) is 18.2 Å². The van der Waals surface area contributed by atoms with Crippen LogP contribution in [0, 0.1) is 0 Å². The third kappa shape index (κ3) is 4.54. The molecule has 128 valence electrons. The predicted molar refractivity (Wildman–Crippen MR) is 94.6 cm³/mol. The first-order chi connectivity index (χ1) is 11.1. The molecule has 1 saturated heterocycles. The van der Waals surface area contributed by atoms with Crippen molar-refractivity contribution in [3.8, 4) is 5.75 Å². The SMILES string of the molecule is OC1(COc2ccc(Cl)c(Cl)c2)CCCN(C2CCCC2)CC1. The molecular weight excluding hydrogens is 333 g/mol. The van der Waals surface area contributed by atoms with Crippen LogP contribution in [0.4, 0.5) is 0 Å². The van der Waals surface area contributed by atoms with Gasteiger partial charge in [0.25, 0.3) is 0 Å². The van der Waals surface area contributed by atoms with Crippen molar-refractivity contribution in [2.24, 2.45) is 0 Å². The first-order valence-electron chi connectivity index (χ1n) is 8.60. The van der Waals surface area contributed by atoms with Gasteiger partial charge in [-0.05, 0) is 50.8 Å². The number of hydrogen-bond donors (Lipinski definition) is 1. The Labute approximate surface area is 148 Å². The lowest BCUT2D eigenvalue weighted by atomic mass is 9.96. The topological polar surface area (TPSA) is 32.7 Å². The summed E-state index contributed by atoms with van der Waals surface area (Å²) >= 11 is 11.9. The van der Waals surface area contributed by atoms with Crippen molar-refractivity contribution < 1.29 is 9.84 Å². The molecule has 5 heteroatoms. The van der Waals surface area contributed by atoms with E-state index in [2.05, 4.69) is 4.90 Å². The number of benzene rings is 1. The summed E-state index contributed by atoms with van der Waals surface area (Å²) in [6.07, 6.45) is 7.92. The van der Waals surface area contributed by atoms with Crippen LogP contribution < -0.4 is 4.74 Å². The minimum atomic E-state index is -0.751. The van der Waals surface area contributed by atoms with Crippen molar-refractivity contribution in [2.45, 2.75) is 56.6 Å². The highest BCUT2D eigenvalue weighted by molar-refractivity contribution is 6.42. The van der Waals surface area contributed by atoms with Crippen molar-refractivity contribution >= 4 is 23.2 Å². The van der Waals surface area contributed by atoms with E-state index in [9.17, 15) is 5.11 Å². The molecule has 1 aliphatic carbocycles. The van der Waals surface area contributed by atoms with Crippen LogP contribution in [0.5, 0.6) is 5.75 Å². The number of likely N-dealkylation sites (tertiary alicyclic amines) is 1. The Hall–Kier alpha value is -0.480. The van der Waals surface area contributed by atoms with Crippen LogP contribution in [0.3, 0.4) is 0 Å². The summed E-state index contributed by atoms with van der Waals surface area (Å²) in [5.41, 5.74) is -0.751. The molecule has 0 aromatic heterocycles. The standard InChI is InChI=1S/C18H25Cl2NO2/c19-16-7-6-15(12-17(16)20)23-13-18(22)8-3-10-21(11-9-18)14-4-1-2-5-14/h6-7,12,14,22H,1-5,8-11,13H2. The monoisotopic (exact) mass is 357 g/mol. The molecule has 1 heterocycles. The molecule has 1 aromatic rings. The molecule has 1 aromatic carbocycles. The highest BCUT2D eigenvalue weighted by atomic mass is 35.5. The molecule has 1 N–H and O–H groups in total. The third-order valence-electron chi connectivity index (χ3n) is 5.19. The second kappa shape index (κ2) is 7.60. The Balaban J connectivity index is 1.55. The van der Waals surface area contributed by atoms with Gasteiger partial charge < -0.3 is 14.7 Å². The zero-order valence-corrected chi connectivity index (χ0v) is 15.0. The molecule has 23 heavy (non-hydrogen) atoms. The van der Waals surface area contributed by atoms with Gasteiger partial charge in [-0.25, -0.2) is 0 Å². The smallest absolute Gasteiger partial charge is 0.121 e. The molecule has 2 aliphatic rings. The first kappa shape index (κ1) is 17.3. The van der Waals surface area contributed by atoms with Crippen LogP contribution >= 0.6 is 23.2 Å². The lowest BCUT2D eigenvalue weighted by Gasteiger charge is -2.29. The molecule has 1 unspecified atom stereocenters. The van der Waals surface area contributed by atoms with Crippen LogP contribution in [0.1, 0.15) is 44.9 Å². The quantitative estimate of drug-likeness (QED) is 0.858. The maximum atomic E-state index is 10.9. The third-order valence-corrected chi connectivity index (χ3v) is 5.93. The van der Waals surface area contributed by atoms with Crippen molar-refractivity contribution in [1.82, 2.24) is 4.90 Å². The lowest BCUT2D eigenvalue weighted by molar-refractivity contribution is -0.0174. The molecule has 1 saturated carbocycles. The van der Waals surface area contributed by atoms with Gasteiger partial charge in [0.15, 0.2) is 0 Å². The highest BCUT2D eigenvalue weighted by Gasteiger charge is 2.33. The molecule has 1 atom stereocenters. The van der Waals surface area contributed by atoms with Crippen LogP contribution in [0.2, 0.25) is 10.0 Å². The van der Waals surface area contributed by atoms with Gasteiger partial charge in [-0.2, -0.15) is 0 Å². The maximum Gasteiger partial charge on any atom is 0.121 e. The zero-order valence-electron chi connectivity index (χ0n) is 13.4. The number of rotatable bonds is 4. The van der Waals surface area contributed by atoms with Gasteiger partial charge in [0.05, 0.1) is 15.6 Å². The normalized spacial score (nSPS) is 27.1. The summed E-state index contributed by atoms with van der Waals surface area (Å²) in [6.45, 7) is 2.37. The maximum absolute atomic E-state index is 10.9. The Morgan fingerprint density at radius 3 is 2.61 bits per heavy atom. The van der Waals surface area contributed by atoms with Crippen molar-refractivity contribution in [2.75, 3.05) is 19.7 Å². The largest absolute Gasteiger partial charge is 0.491 e. The Morgan fingerprint density at radius 1 is 1.09 bits per heavy atom. The van der Waals surface area contributed by atoms with Gasteiger partial charge in [0, 0.05) is 18.7 Å². The molecule has 1 aliphatic heterocycles. The van der Waals surface area contributed by atoms with Crippen LogP contribution in [-0.2, 0) is 0 Å². The Kier molecular flexibility index (Phi) is 5.74. The second-order valence-electron chi connectivity index (χ2n) is 6.92. The van der Waals surface area contributed by atoms with E-state index in [1.165, 1.54) is 25.7 Å². The average Bonchev–Trinajstić information content (AvgIpc) is 2.99. The van der Waals surface area contributed by atoms with Crippen LogP contribution in [0.15, 0.2) is 18.2 Å². The molecule has 3 rings (SSSR count). The molecule has 2 fully saturated rings. The molecule has 3 nitrogen and oxygen atoms in total. The fourth-order valence-electron chi connectivity index (χ4n) is 3.76. The summed E-state index contributed by atoms with van der Waals surface area (Å²) in [7, 11) is 0. The Bertz CT molecular complexity index is 534. The molecule has 0 radical (unpaired) electrons. The van der Waals surface area contributed by atoms with Crippen molar-refractivity contribution in [3.05, 3.63) is 28.2 Å². The van der Waals surface area contributed by atoms with Gasteiger partial charge in [-0.1, -0.05) is 36.0 Å². The lowest BCUT2D eigenvalue weighted by Crippen LogP contribution is -2.39. The number of ether oxygens (including phenoxy) is 1. The minimum Gasteiger partial charge on any atom is -0.491 e. The van der Waals surface area contributed by atoms with E-state index >= 15 is 0 Å². The van der Waals surface area contributed by atoms with E-state index in [4.69, 9.17) is 27.9 Å². The van der Waals surface area contributed by atoms with Gasteiger partial charge in [-0.15, -0.1) is 0 Å². The van der Waals surface area contributed by atoms with Gasteiger partial charge >= 0.3 is 0 Å². The second-order valence-corrected chi connectivity index (χ2v) is 7.73. The average molecular weight is 358 g/mol. The van der Waals surface area contributed by atoms with Gasteiger partial charge in [0.2, 0.25) is 0 Å². The minimum absolute atomic E-state index is 0.309. The number of aliphatic hydroxyl groups is 1. The molecule has 0 amide bonds. The molecular formula is C18H25Cl2NO2. The van der Waals surface area contributed by atoms with E-state index in [0.29, 0.717) is 22.4 Å². The summed E-state index contributed by atoms with van der Waals surface area (Å²) < 4.78 is 5.79. The van der Waals surface area contributed by atoms with E-state index in [1.807, 2.05) is 0 Å². The summed E-state index contributed by atoms with van der Waals surface area (Å²) in [5.74, 6) is 0.657. The zero-order chi connectivity index (χ0) is 16.3. The fourth-order valence-corrected chi connectivity index (χ4v) is 4.05. The number of hydrogen-bond acceptors (Lipinski definition) is 3. The van der Waals surface area contributed by atoms with Crippen LogP contribution in [-0.4, -0.2) is 41.3 Å². The highest BCUT2D eigenvalue weighted by Crippen LogP contribution is 2.31.